The topological polar surface area (TPSA) is 112 Å². The van der Waals surface area contributed by atoms with Crippen LogP contribution in [-0.4, -0.2) is 48.4 Å². The maximum absolute atomic E-state index is 12.8. The van der Waals surface area contributed by atoms with Crippen molar-refractivity contribution in [2.75, 3.05) is 25.2 Å². The summed E-state index contributed by atoms with van der Waals surface area (Å²) < 4.78 is 25.4. The summed E-state index contributed by atoms with van der Waals surface area (Å²) in [6.07, 6.45) is 0. The Hall–Kier alpha value is -2.99. The summed E-state index contributed by atoms with van der Waals surface area (Å²) in [6.45, 7) is 1.96. The Bertz CT molecular complexity index is 1510. The van der Waals surface area contributed by atoms with E-state index in [4.69, 9.17) is 0 Å². The predicted octanol–water partition coefficient (Wildman–Crippen LogP) is 3.94. The number of carbonyl (C=O) groups is 1. The fourth-order valence-electron chi connectivity index (χ4n) is 3.37. The maximum atomic E-state index is 12.8. The fraction of sp³-hybridized carbons (Fsp3) is 0.174. The number of aromatic amines is 1. The summed E-state index contributed by atoms with van der Waals surface area (Å²) in [5, 5.41) is 3.63. The van der Waals surface area contributed by atoms with E-state index in [1.54, 1.807) is 0 Å². The number of nitrogens with one attached hydrogen (secondary N) is 2. The van der Waals surface area contributed by atoms with E-state index < -0.39 is 10.0 Å². The van der Waals surface area contributed by atoms with Gasteiger partial charge in [-0.1, -0.05) is 42.1 Å². The normalized spacial score (nSPS) is 11.8. The molecule has 0 saturated heterocycles. The molecule has 0 bridgehead atoms. The molecule has 4 aromatic rings. The summed E-state index contributed by atoms with van der Waals surface area (Å²) in [4.78, 5) is 34.3. The summed E-state index contributed by atoms with van der Waals surface area (Å²) in [5.74, 6) is -0.273. The van der Waals surface area contributed by atoms with Crippen molar-refractivity contribution in [1.29, 1.82) is 0 Å². The third-order valence-corrected chi connectivity index (χ3v) is 8.74. The Kier molecular flexibility index (Phi) is 6.89. The first-order chi connectivity index (χ1) is 16.2. The number of nitrogens with zero attached hydrogens (tertiary/aromatic N) is 2. The van der Waals surface area contributed by atoms with E-state index in [-0.39, 0.29) is 22.1 Å². The summed E-state index contributed by atoms with van der Waals surface area (Å²) >= 11 is 2.57. The number of H-pyrrole nitrogens is 1. The molecule has 2 N–H and O–H groups in total. The van der Waals surface area contributed by atoms with Gasteiger partial charge in [0.05, 0.1) is 16.0 Å². The van der Waals surface area contributed by atoms with Crippen molar-refractivity contribution >= 4 is 54.9 Å². The number of benzene rings is 2. The molecule has 0 spiro atoms. The zero-order valence-corrected chi connectivity index (χ0v) is 21.1. The van der Waals surface area contributed by atoms with Crippen LogP contribution in [0.2, 0.25) is 0 Å². The third-order valence-electron chi connectivity index (χ3n) is 5.04. The largest absolute Gasteiger partial charge is 0.325 e. The summed E-state index contributed by atoms with van der Waals surface area (Å²) in [7, 11) is -0.622. The molecular formula is C23H22N4O4S3. The monoisotopic (exact) mass is 514 g/mol. The summed E-state index contributed by atoms with van der Waals surface area (Å²) in [6, 6.07) is 15.6. The van der Waals surface area contributed by atoms with Gasteiger partial charge in [0.15, 0.2) is 5.16 Å². The van der Waals surface area contributed by atoms with E-state index in [2.05, 4.69) is 15.3 Å². The number of anilines is 1. The third kappa shape index (κ3) is 4.92. The van der Waals surface area contributed by atoms with Crippen molar-refractivity contribution in [2.24, 2.45) is 0 Å². The van der Waals surface area contributed by atoms with Crippen molar-refractivity contribution in [2.45, 2.75) is 17.0 Å². The van der Waals surface area contributed by atoms with Crippen LogP contribution in [0.25, 0.3) is 21.3 Å². The Labute approximate surface area is 205 Å². The van der Waals surface area contributed by atoms with Gasteiger partial charge in [0.2, 0.25) is 15.9 Å². The SMILES string of the molecule is Cc1sc2nc(SCC(=O)Nc3ccc(S(=O)(=O)N(C)C)cc3)[nH]c(=O)c2c1-c1ccccc1. The number of fused-ring (bicyclic) bond motifs is 1. The van der Waals surface area contributed by atoms with Crippen molar-refractivity contribution in [3.05, 3.63) is 69.8 Å². The van der Waals surface area contributed by atoms with Crippen LogP contribution in [0.15, 0.2) is 69.4 Å². The number of aromatic nitrogens is 2. The second-order valence-corrected chi connectivity index (χ2v) is 11.9. The van der Waals surface area contributed by atoms with Crippen LogP contribution in [0.3, 0.4) is 0 Å². The number of hydrogen-bond acceptors (Lipinski definition) is 7. The molecule has 0 aliphatic rings. The first-order valence-electron chi connectivity index (χ1n) is 10.2. The number of sulfonamides is 1. The number of thiophene rings is 1. The van der Waals surface area contributed by atoms with E-state index in [0.717, 1.165) is 32.1 Å². The molecule has 0 fully saturated rings. The highest BCUT2D eigenvalue weighted by Crippen LogP contribution is 2.35. The highest BCUT2D eigenvalue weighted by Gasteiger charge is 2.18. The smallest absolute Gasteiger partial charge is 0.260 e. The number of amides is 1. The zero-order chi connectivity index (χ0) is 24.5. The lowest BCUT2D eigenvalue weighted by atomic mass is 10.0. The molecule has 176 valence electrons. The van der Waals surface area contributed by atoms with Crippen LogP contribution in [0, 0.1) is 6.92 Å². The fourth-order valence-corrected chi connectivity index (χ4v) is 6.04. The van der Waals surface area contributed by atoms with Gasteiger partial charge in [0.1, 0.15) is 4.83 Å². The van der Waals surface area contributed by atoms with E-state index in [1.165, 1.54) is 49.7 Å². The number of hydrogen-bond donors (Lipinski definition) is 2. The second kappa shape index (κ2) is 9.71. The van der Waals surface area contributed by atoms with Crippen LogP contribution in [-0.2, 0) is 14.8 Å². The quantitative estimate of drug-likeness (QED) is 0.285. The van der Waals surface area contributed by atoms with Crippen LogP contribution in [0.4, 0.5) is 5.69 Å². The second-order valence-electron chi connectivity index (χ2n) is 7.60. The average Bonchev–Trinajstić information content (AvgIpc) is 3.15. The molecule has 11 heteroatoms. The molecule has 0 radical (unpaired) electrons. The lowest BCUT2D eigenvalue weighted by molar-refractivity contribution is -0.113. The molecule has 2 heterocycles. The van der Waals surface area contributed by atoms with Gasteiger partial charge < -0.3 is 10.3 Å². The van der Waals surface area contributed by atoms with Gasteiger partial charge in [0.25, 0.3) is 5.56 Å². The molecule has 0 aliphatic heterocycles. The van der Waals surface area contributed by atoms with E-state index in [0.29, 0.717) is 21.1 Å². The molecule has 0 atom stereocenters. The number of thioether (sulfide) groups is 1. The molecule has 4 rings (SSSR count). The predicted molar refractivity (Wildman–Crippen MR) is 137 cm³/mol. The molecule has 8 nitrogen and oxygen atoms in total. The lowest BCUT2D eigenvalue weighted by Gasteiger charge is -2.12. The first kappa shape index (κ1) is 24.1. The van der Waals surface area contributed by atoms with Crippen molar-refractivity contribution in [1.82, 2.24) is 14.3 Å². The van der Waals surface area contributed by atoms with Gasteiger partial charge in [0, 0.05) is 30.2 Å². The Morgan fingerprint density at radius 3 is 2.44 bits per heavy atom. The molecular weight excluding hydrogens is 492 g/mol. The molecule has 0 aliphatic carbocycles. The van der Waals surface area contributed by atoms with Crippen LogP contribution in [0.1, 0.15) is 4.88 Å². The van der Waals surface area contributed by atoms with Crippen molar-refractivity contribution in [3.8, 4) is 11.1 Å². The Balaban J connectivity index is 1.47. The maximum Gasteiger partial charge on any atom is 0.260 e. The Morgan fingerprint density at radius 2 is 1.79 bits per heavy atom. The molecule has 0 saturated carbocycles. The van der Waals surface area contributed by atoms with E-state index >= 15 is 0 Å². The zero-order valence-electron chi connectivity index (χ0n) is 18.7. The highest BCUT2D eigenvalue weighted by molar-refractivity contribution is 7.99. The van der Waals surface area contributed by atoms with Gasteiger partial charge in [-0.3, -0.25) is 9.59 Å². The Morgan fingerprint density at radius 1 is 1.12 bits per heavy atom. The van der Waals surface area contributed by atoms with Gasteiger partial charge in [-0.05, 0) is 36.8 Å². The average molecular weight is 515 g/mol. The molecule has 34 heavy (non-hydrogen) atoms. The van der Waals surface area contributed by atoms with Crippen LogP contribution < -0.4 is 10.9 Å². The number of rotatable bonds is 7. The highest BCUT2D eigenvalue weighted by atomic mass is 32.2. The van der Waals surface area contributed by atoms with Crippen LogP contribution in [0.5, 0.6) is 0 Å². The number of aryl methyl sites for hydroxylation is 1. The minimum Gasteiger partial charge on any atom is -0.325 e. The van der Waals surface area contributed by atoms with Gasteiger partial charge >= 0.3 is 0 Å². The van der Waals surface area contributed by atoms with Crippen molar-refractivity contribution < 1.29 is 13.2 Å². The minimum absolute atomic E-state index is 0.0299. The van der Waals surface area contributed by atoms with E-state index in [9.17, 15) is 18.0 Å². The van der Waals surface area contributed by atoms with Gasteiger partial charge in [-0.15, -0.1) is 11.3 Å². The summed E-state index contributed by atoms with van der Waals surface area (Å²) in [5.41, 5.74) is 2.07. The van der Waals surface area contributed by atoms with Gasteiger partial charge in [-0.2, -0.15) is 0 Å². The first-order valence-corrected chi connectivity index (χ1v) is 13.4. The number of carbonyl (C=O) groups excluding carboxylic acids is 1. The van der Waals surface area contributed by atoms with Gasteiger partial charge in [-0.25, -0.2) is 17.7 Å². The molecule has 0 unspecified atom stereocenters. The molecule has 2 aromatic heterocycles. The van der Waals surface area contributed by atoms with Crippen LogP contribution >= 0.6 is 23.1 Å². The minimum atomic E-state index is -3.53. The van der Waals surface area contributed by atoms with Crippen molar-refractivity contribution in [3.63, 3.8) is 0 Å². The molecule has 2 aromatic carbocycles. The lowest BCUT2D eigenvalue weighted by Crippen LogP contribution is -2.22. The van der Waals surface area contributed by atoms with E-state index in [1.807, 2.05) is 37.3 Å². The molecule has 1 amide bonds. The standard InChI is InChI=1S/C23H22N4O4S3/c1-14-19(15-7-5-4-6-8-15)20-21(29)25-23(26-22(20)33-14)32-13-18(28)24-16-9-11-17(12-10-16)34(30,31)27(2)3/h4-12H,13H2,1-3H3,(H,24,28)(H,25,26,29).